The molecule has 0 saturated heterocycles. The second-order valence-electron chi connectivity index (χ2n) is 3.22. The first-order chi connectivity index (χ1) is 8.50. The number of nitro benzene ring substituents is 1. The number of nitrogens with zero attached hydrogens (tertiary/aromatic N) is 2. The number of benzene rings is 1. The topological polar surface area (TPSA) is 115 Å². The second-order valence-corrected chi connectivity index (χ2v) is 4.87. The summed E-state index contributed by atoms with van der Waals surface area (Å²) < 4.78 is 30.4. The fourth-order valence-electron chi connectivity index (χ4n) is 1.29. The van der Waals surface area contributed by atoms with E-state index in [9.17, 15) is 18.5 Å². The van der Waals surface area contributed by atoms with Crippen LogP contribution in [0.1, 0.15) is 0 Å². The molecular weight excluding hydrogens is 262 g/mol. The number of rotatable bonds is 4. The molecule has 0 aliphatic heterocycles. The highest BCUT2D eigenvalue weighted by atomic mass is 32.2. The van der Waals surface area contributed by atoms with Crippen LogP contribution in [0, 0.1) is 10.1 Å². The largest absolute Gasteiger partial charge is 0.363 e. The zero-order valence-electron chi connectivity index (χ0n) is 8.81. The van der Waals surface area contributed by atoms with Crippen molar-refractivity contribution in [3.63, 3.8) is 0 Å². The number of hydrogen-bond donors (Lipinski definition) is 1. The Hall–Kier alpha value is -2.42. The summed E-state index contributed by atoms with van der Waals surface area (Å²) in [6.07, 6.45) is 1.18. The van der Waals surface area contributed by atoms with Gasteiger partial charge < -0.3 is 4.52 Å². The highest BCUT2D eigenvalue weighted by molar-refractivity contribution is 7.92. The van der Waals surface area contributed by atoms with Crippen LogP contribution in [-0.2, 0) is 10.0 Å². The molecule has 0 unspecified atom stereocenters. The van der Waals surface area contributed by atoms with Gasteiger partial charge in [-0.2, -0.15) is 0 Å². The first-order valence-electron chi connectivity index (χ1n) is 4.67. The Labute approximate surface area is 101 Å². The van der Waals surface area contributed by atoms with Crippen molar-refractivity contribution in [2.75, 3.05) is 4.72 Å². The van der Waals surface area contributed by atoms with Gasteiger partial charge in [-0.25, -0.2) is 8.42 Å². The smallest absolute Gasteiger partial charge is 0.289 e. The summed E-state index contributed by atoms with van der Waals surface area (Å²) in [6.45, 7) is 0. The van der Waals surface area contributed by atoms with E-state index in [1.54, 1.807) is 0 Å². The van der Waals surface area contributed by atoms with Crippen LogP contribution in [-0.4, -0.2) is 18.5 Å². The lowest BCUT2D eigenvalue weighted by Crippen LogP contribution is -2.14. The summed E-state index contributed by atoms with van der Waals surface area (Å²) >= 11 is 0. The van der Waals surface area contributed by atoms with Crippen LogP contribution in [0.2, 0.25) is 0 Å². The number of para-hydroxylation sites is 1. The van der Waals surface area contributed by atoms with E-state index in [1.165, 1.54) is 24.5 Å². The molecule has 0 amide bonds. The summed E-state index contributed by atoms with van der Waals surface area (Å²) in [6, 6.07) is 6.31. The fourth-order valence-corrected chi connectivity index (χ4v) is 2.46. The van der Waals surface area contributed by atoms with Crippen LogP contribution < -0.4 is 4.72 Å². The minimum absolute atomic E-state index is 0.0480. The van der Waals surface area contributed by atoms with Gasteiger partial charge in [0.05, 0.1) is 4.92 Å². The molecule has 8 nitrogen and oxygen atoms in total. The van der Waals surface area contributed by atoms with E-state index in [1.807, 2.05) is 0 Å². The van der Waals surface area contributed by atoms with Crippen LogP contribution in [0.3, 0.4) is 0 Å². The Bertz CT molecular complexity index is 665. The third-order valence-corrected chi connectivity index (χ3v) is 3.43. The maximum Gasteiger partial charge on any atom is 0.289 e. The van der Waals surface area contributed by atoms with Gasteiger partial charge >= 0.3 is 0 Å². The van der Waals surface area contributed by atoms with Crippen LogP contribution >= 0.6 is 0 Å². The summed E-state index contributed by atoms with van der Waals surface area (Å²) in [7, 11) is -4.07. The van der Waals surface area contributed by atoms with Crippen molar-refractivity contribution in [1.29, 1.82) is 0 Å². The van der Waals surface area contributed by atoms with Gasteiger partial charge in [-0.05, 0) is 6.07 Å². The van der Waals surface area contributed by atoms with Gasteiger partial charge in [0.2, 0.25) is 0 Å². The van der Waals surface area contributed by atoms with Crippen LogP contribution in [0.5, 0.6) is 0 Å². The summed E-state index contributed by atoms with van der Waals surface area (Å²) in [5.74, 6) is -0.0480. The molecule has 1 aromatic carbocycles. The fraction of sp³-hybridized carbons (Fsp3) is 0. The number of nitro groups is 1. The maximum absolute atomic E-state index is 11.9. The lowest BCUT2D eigenvalue weighted by molar-refractivity contribution is -0.387. The molecule has 0 aliphatic carbocycles. The summed E-state index contributed by atoms with van der Waals surface area (Å²) in [5.41, 5.74) is -0.506. The predicted molar refractivity (Wildman–Crippen MR) is 60.4 cm³/mol. The Morgan fingerprint density at radius 1 is 1.28 bits per heavy atom. The zero-order chi connectivity index (χ0) is 13.2. The summed E-state index contributed by atoms with van der Waals surface area (Å²) in [4.78, 5) is 9.55. The molecule has 2 aromatic rings. The van der Waals surface area contributed by atoms with E-state index in [2.05, 4.69) is 14.4 Å². The van der Waals surface area contributed by atoms with Crippen LogP contribution in [0.15, 0.2) is 46.0 Å². The molecule has 2 rings (SSSR count). The standard InChI is InChI=1S/C9H7N3O5S/c13-12(14)7-3-1-2-4-8(7)18(15,16)11-9-5-6-17-10-9/h1-6H,(H,10,11). The molecule has 1 heterocycles. The SMILES string of the molecule is O=[N+]([O-])c1ccccc1S(=O)(=O)Nc1ccon1. The molecule has 0 spiro atoms. The van der Waals surface area contributed by atoms with E-state index >= 15 is 0 Å². The average molecular weight is 269 g/mol. The van der Waals surface area contributed by atoms with Crippen molar-refractivity contribution in [1.82, 2.24) is 5.16 Å². The van der Waals surface area contributed by atoms with Gasteiger partial charge in [0.15, 0.2) is 10.7 Å². The van der Waals surface area contributed by atoms with Crippen molar-refractivity contribution in [3.05, 3.63) is 46.7 Å². The van der Waals surface area contributed by atoms with Crippen molar-refractivity contribution in [2.24, 2.45) is 0 Å². The molecular formula is C9H7N3O5S. The van der Waals surface area contributed by atoms with Gasteiger partial charge in [-0.15, -0.1) is 0 Å². The van der Waals surface area contributed by atoms with Crippen molar-refractivity contribution < 1.29 is 17.9 Å². The molecule has 0 aliphatic rings. The quantitative estimate of drug-likeness (QED) is 0.662. The molecule has 0 atom stereocenters. The van der Waals surface area contributed by atoms with Gasteiger partial charge in [-0.3, -0.25) is 14.8 Å². The minimum Gasteiger partial charge on any atom is -0.363 e. The van der Waals surface area contributed by atoms with Gasteiger partial charge in [0.25, 0.3) is 15.7 Å². The molecule has 0 fully saturated rings. The number of sulfonamides is 1. The Morgan fingerprint density at radius 2 is 2.00 bits per heavy atom. The lowest BCUT2D eigenvalue weighted by atomic mass is 10.3. The molecule has 9 heteroatoms. The highest BCUT2D eigenvalue weighted by Crippen LogP contribution is 2.24. The molecule has 18 heavy (non-hydrogen) atoms. The first-order valence-corrected chi connectivity index (χ1v) is 6.15. The van der Waals surface area contributed by atoms with E-state index < -0.39 is 25.5 Å². The average Bonchev–Trinajstić information content (AvgIpc) is 2.81. The van der Waals surface area contributed by atoms with Crippen LogP contribution in [0.4, 0.5) is 11.5 Å². The Balaban J connectivity index is 2.45. The zero-order valence-corrected chi connectivity index (χ0v) is 9.62. The molecule has 0 radical (unpaired) electrons. The maximum atomic E-state index is 11.9. The third-order valence-electron chi connectivity index (χ3n) is 2.03. The monoisotopic (exact) mass is 269 g/mol. The third kappa shape index (κ3) is 2.30. The number of aromatic nitrogens is 1. The minimum atomic E-state index is -4.07. The highest BCUT2D eigenvalue weighted by Gasteiger charge is 2.25. The van der Waals surface area contributed by atoms with Crippen LogP contribution in [0.25, 0.3) is 0 Å². The Morgan fingerprint density at radius 3 is 2.61 bits per heavy atom. The predicted octanol–water partition coefficient (Wildman–Crippen LogP) is 1.38. The first kappa shape index (κ1) is 12.0. The molecule has 1 aromatic heterocycles. The van der Waals surface area contributed by atoms with E-state index in [4.69, 9.17) is 0 Å². The molecule has 0 bridgehead atoms. The van der Waals surface area contributed by atoms with Gasteiger partial charge in [0, 0.05) is 12.1 Å². The summed E-state index contributed by atoms with van der Waals surface area (Å²) in [5, 5.41) is 14.1. The van der Waals surface area contributed by atoms with Gasteiger partial charge in [0.1, 0.15) is 6.26 Å². The second kappa shape index (κ2) is 4.45. The van der Waals surface area contributed by atoms with E-state index in [0.29, 0.717) is 0 Å². The molecule has 1 N–H and O–H groups in total. The Kier molecular flexibility index (Phi) is 2.98. The number of hydrogen-bond acceptors (Lipinski definition) is 6. The van der Waals surface area contributed by atoms with E-state index in [0.717, 1.165) is 12.1 Å². The number of nitrogens with one attached hydrogen (secondary N) is 1. The molecule has 94 valence electrons. The molecule has 0 saturated carbocycles. The van der Waals surface area contributed by atoms with Crippen molar-refractivity contribution in [2.45, 2.75) is 4.90 Å². The van der Waals surface area contributed by atoms with Crippen molar-refractivity contribution >= 4 is 21.5 Å². The van der Waals surface area contributed by atoms with Gasteiger partial charge in [-0.1, -0.05) is 17.3 Å². The lowest BCUT2D eigenvalue weighted by Gasteiger charge is -2.04. The number of anilines is 1. The normalized spacial score (nSPS) is 11.1. The van der Waals surface area contributed by atoms with E-state index in [-0.39, 0.29) is 5.82 Å². The van der Waals surface area contributed by atoms with Crippen molar-refractivity contribution in [3.8, 4) is 0 Å².